The number of ether oxygens (including phenoxy) is 1. The molecule has 0 saturated heterocycles. The van der Waals surface area contributed by atoms with E-state index in [1.165, 1.54) is 12.8 Å². The van der Waals surface area contributed by atoms with E-state index in [4.69, 9.17) is 4.74 Å². The molecule has 6 nitrogen and oxygen atoms in total. The number of aliphatic imine (C=N–C) groups is 1. The molecule has 1 saturated carbocycles. The highest BCUT2D eigenvalue weighted by molar-refractivity contribution is 5.84. The molecule has 1 aliphatic carbocycles. The zero-order valence-electron chi connectivity index (χ0n) is 13.9. The van der Waals surface area contributed by atoms with Gasteiger partial charge in [-0.25, -0.2) is 4.99 Å². The molecule has 0 bridgehead atoms. The number of carbonyl (C=O) groups is 1. The summed E-state index contributed by atoms with van der Waals surface area (Å²) in [6.07, 6.45) is 2.57. The van der Waals surface area contributed by atoms with Gasteiger partial charge < -0.3 is 20.7 Å². The Bertz CT molecular complexity index is 524. The molecule has 3 N–H and O–H groups in total. The first kappa shape index (κ1) is 17.1. The molecule has 1 amide bonds. The van der Waals surface area contributed by atoms with Crippen LogP contribution in [0.3, 0.4) is 0 Å². The molecule has 0 heterocycles. The molecule has 0 spiro atoms. The van der Waals surface area contributed by atoms with E-state index < -0.39 is 0 Å². The maximum atomic E-state index is 11.9. The minimum atomic E-state index is -0.0931. The van der Waals surface area contributed by atoms with E-state index in [1.54, 1.807) is 7.11 Å². The van der Waals surface area contributed by atoms with Crippen molar-refractivity contribution in [1.29, 1.82) is 0 Å². The summed E-state index contributed by atoms with van der Waals surface area (Å²) in [4.78, 5) is 16.2. The van der Waals surface area contributed by atoms with Crippen LogP contribution in [0.2, 0.25) is 0 Å². The number of guanidine groups is 1. The van der Waals surface area contributed by atoms with Gasteiger partial charge in [0.15, 0.2) is 5.96 Å². The lowest BCUT2D eigenvalue weighted by molar-refractivity contribution is -0.119. The predicted molar refractivity (Wildman–Crippen MR) is 91.5 cm³/mol. The van der Waals surface area contributed by atoms with E-state index >= 15 is 0 Å². The Morgan fingerprint density at radius 1 is 1.22 bits per heavy atom. The van der Waals surface area contributed by atoms with Gasteiger partial charge in [0.25, 0.3) is 0 Å². The average Bonchev–Trinajstić information content (AvgIpc) is 3.40. The fourth-order valence-corrected chi connectivity index (χ4v) is 2.06. The van der Waals surface area contributed by atoms with Gasteiger partial charge in [-0.15, -0.1) is 0 Å². The molecule has 23 heavy (non-hydrogen) atoms. The number of hydrogen-bond donors (Lipinski definition) is 3. The average molecular weight is 318 g/mol. The second-order valence-corrected chi connectivity index (χ2v) is 5.64. The fraction of sp³-hybridized carbons (Fsp3) is 0.529. The Morgan fingerprint density at radius 2 is 1.96 bits per heavy atom. The number of amides is 1. The van der Waals surface area contributed by atoms with Gasteiger partial charge in [-0.1, -0.05) is 12.1 Å². The van der Waals surface area contributed by atoms with Crippen LogP contribution in [0.25, 0.3) is 0 Å². The molecule has 2 rings (SSSR count). The highest BCUT2D eigenvalue weighted by atomic mass is 16.5. The number of nitrogens with zero attached hydrogens (tertiary/aromatic N) is 1. The Hall–Kier alpha value is -2.24. The molecular weight excluding hydrogens is 292 g/mol. The minimum absolute atomic E-state index is 0.0931. The van der Waals surface area contributed by atoms with E-state index in [2.05, 4.69) is 20.9 Å². The molecule has 0 unspecified atom stereocenters. The Balaban J connectivity index is 1.73. The first-order valence-corrected chi connectivity index (χ1v) is 8.13. The van der Waals surface area contributed by atoms with E-state index in [1.807, 2.05) is 31.2 Å². The van der Waals surface area contributed by atoms with Gasteiger partial charge in [0.1, 0.15) is 12.3 Å². The van der Waals surface area contributed by atoms with Crippen molar-refractivity contribution in [3.8, 4) is 5.75 Å². The van der Waals surface area contributed by atoms with Crippen molar-refractivity contribution in [3.05, 3.63) is 29.8 Å². The van der Waals surface area contributed by atoms with Gasteiger partial charge in [0.2, 0.25) is 5.91 Å². The largest absolute Gasteiger partial charge is 0.497 e. The SMILES string of the molecule is CCNC(=NCC(=O)NCc1ccc(OC)cc1)NCC1CC1. The standard InChI is InChI=1S/C17H26N4O2/c1-3-18-17(20-11-13-4-5-13)21-12-16(22)19-10-14-6-8-15(23-2)9-7-14/h6-9,13H,3-5,10-12H2,1-2H3,(H,19,22)(H2,18,20,21). The van der Waals surface area contributed by atoms with Crippen LogP contribution >= 0.6 is 0 Å². The zero-order chi connectivity index (χ0) is 16.5. The van der Waals surface area contributed by atoms with E-state index in [-0.39, 0.29) is 12.5 Å². The summed E-state index contributed by atoms with van der Waals surface area (Å²) in [5, 5.41) is 9.29. The summed E-state index contributed by atoms with van der Waals surface area (Å²) in [5.41, 5.74) is 1.03. The molecule has 0 atom stereocenters. The lowest BCUT2D eigenvalue weighted by atomic mass is 10.2. The van der Waals surface area contributed by atoms with Crippen molar-refractivity contribution in [2.75, 3.05) is 26.7 Å². The van der Waals surface area contributed by atoms with Gasteiger partial charge >= 0.3 is 0 Å². The summed E-state index contributed by atoms with van der Waals surface area (Å²) >= 11 is 0. The van der Waals surface area contributed by atoms with Crippen molar-refractivity contribution >= 4 is 11.9 Å². The second kappa shape index (κ2) is 9.02. The first-order valence-electron chi connectivity index (χ1n) is 8.13. The maximum absolute atomic E-state index is 11.9. The van der Waals surface area contributed by atoms with Gasteiger partial charge in [-0.3, -0.25) is 4.79 Å². The summed E-state index contributed by atoms with van der Waals surface area (Å²) in [5.74, 6) is 2.19. The third-order valence-electron chi connectivity index (χ3n) is 3.63. The zero-order valence-corrected chi connectivity index (χ0v) is 13.9. The van der Waals surface area contributed by atoms with Gasteiger partial charge in [-0.2, -0.15) is 0 Å². The third-order valence-corrected chi connectivity index (χ3v) is 3.63. The van der Waals surface area contributed by atoms with Gasteiger partial charge in [0.05, 0.1) is 7.11 Å². The van der Waals surface area contributed by atoms with Crippen LogP contribution in [0.4, 0.5) is 0 Å². The van der Waals surface area contributed by atoms with Crippen LogP contribution in [0.5, 0.6) is 5.75 Å². The van der Waals surface area contributed by atoms with Crippen molar-refractivity contribution in [3.63, 3.8) is 0 Å². The molecule has 0 aromatic heterocycles. The number of carbonyl (C=O) groups excluding carboxylic acids is 1. The lowest BCUT2D eigenvalue weighted by Crippen LogP contribution is -2.39. The highest BCUT2D eigenvalue weighted by Crippen LogP contribution is 2.27. The minimum Gasteiger partial charge on any atom is -0.497 e. The number of methoxy groups -OCH3 is 1. The fourth-order valence-electron chi connectivity index (χ4n) is 2.06. The van der Waals surface area contributed by atoms with Crippen LogP contribution in [-0.2, 0) is 11.3 Å². The molecule has 126 valence electrons. The van der Waals surface area contributed by atoms with Crippen molar-refractivity contribution < 1.29 is 9.53 Å². The smallest absolute Gasteiger partial charge is 0.242 e. The topological polar surface area (TPSA) is 74.8 Å². The maximum Gasteiger partial charge on any atom is 0.242 e. The summed E-state index contributed by atoms with van der Waals surface area (Å²) < 4.78 is 5.11. The van der Waals surface area contributed by atoms with Crippen LogP contribution in [0.1, 0.15) is 25.3 Å². The number of hydrogen-bond acceptors (Lipinski definition) is 3. The predicted octanol–water partition coefficient (Wildman–Crippen LogP) is 1.28. The first-order chi connectivity index (χ1) is 11.2. The molecule has 1 aliphatic rings. The lowest BCUT2D eigenvalue weighted by Gasteiger charge is -2.10. The second-order valence-electron chi connectivity index (χ2n) is 5.64. The van der Waals surface area contributed by atoms with E-state index in [0.29, 0.717) is 12.5 Å². The molecule has 1 fully saturated rings. The molecule has 1 aromatic rings. The molecule has 0 radical (unpaired) electrons. The molecule has 1 aromatic carbocycles. The Morgan fingerprint density at radius 3 is 2.57 bits per heavy atom. The van der Waals surface area contributed by atoms with Gasteiger partial charge in [0, 0.05) is 19.6 Å². The molecule has 6 heteroatoms. The quantitative estimate of drug-likeness (QED) is 0.498. The van der Waals surface area contributed by atoms with Crippen molar-refractivity contribution in [2.45, 2.75) is 26.3 Å². The number of rotatable bonds is 8. The number of nitrogens with one attached hydrogen (secondary N) is 3. The van der Waals surface area contributed by atoms with Crippen LogP contribution in [0, 0.1) is 5.92 Å². The Kier molecular flexibility index (Phi) is 6.72. The normalized spacial score (nSPS) is 14.3. The third kappa shape index (κ3) is 6.59. The monoisotopic (exact) mass is 318 g/mol. The van der Waals surface area contributed by atoms with Crippen molar-refractivity contribution in [1.82, 2.24) is 16.0 Å². The van der Waals surface area contributed by atoms with Crippen molar-refractivity contribution in [2.24, 2.45) is 10.9 Å². The highest BCUT2D eigenvalue weighted by Gasteiger charge is 2.21. The van der Waals surface area contributed by atoms with E-state index in [0.717, 1.165) is 30.3 Å². The van der Waals surface area contributed by atoms with Gasteiger partial charge in [-0.05, 0) is 43.4 Å². The summed E-state index contributed by atoms with van der Waals surface area (Å²) in [6.45, 7) is 4.34. The molecular formula is C17H26N4O2. The number of benzene rings is 1. The Labute approximate surface area is 137 Å². The van der Waals surface area contributed by atoms with Crippen LogP contribution in [0.15, 0.2) is 29.3 Å². The van der Waals surface area contributed by atoms with Crippen LogP contribution < -0.4 is 20.7 Å². The molecule has 0 aliphatic heterocycles. The summed E-state index contributed by atoms with van der Waals surface area (Å²) in [7, 11) is 1.63. The summed E-state index contributed by atoms with van der Waals surface area (Å²) in [6, 6.07) is 7.63. The van der Waals surface area contributed by atoms with E-state index in [9.17, 15) is 4.79 Å². The van der Waals surface area contributed by atoms with Crippen LogP contribution in [-0.4, -0.2) is 38.6 Å².